The molecule has 19 heavy (non-hydrogen) atoms. The maximum Gasteiger partial charge on any atom is 0.0701 e. The van der Waals surface area contributed by atoms with Crippen LogP contribution in [0.15, 0.2) is 15.9 Å². The van der Waals surface area contributed by atoms with Gasteiger partial charge in [-0.15, -0.1) is 11.3 Å². The van der Waals surface area contributed by atoms with Crippen molar-refractivity contribution < 1.29 is 4.74 Å². The zero-order valence-electron chi connectivity index (χ0n) is 11.3. The van der Waals surface area contributed by atoms with Crippen molar-refractivity contribution in [1.82, 2.24) is 5.32 Å². The molecule has 0 amide bonds. The van der Waals surface area contributed by atoms with Crippen LogP contribution in [0.3, 0.4) is 0 Å². The van der Waals surface area contributed by atoms with E-state index >= 15 is 0 Å². The zero-order chi connectivity index (χ0) is 13.1. The van der Waals surface area contributed by atoms with Crippen LogP contribution in [-0.2, 0) is 11.3 Å². The molecule has 2 nitrogen and oxygen atoms in total. The van der Waals surface area contributed by atoms with Crippen LogP contribution < -0.4 is 5.32 Å². The lowest BCUT2D eigenvalue weighted by molar-refractivity contribution is -0.109. The first-order valence-corrected chi connectivity index (χ1v) is 8.98. The molecule has 1 saturated heterocycles. The smallest absolute Gasteiger partial charge is 0.0701 e. The first-order chi connectivity index (χ1) is 9.26. The molecule has 1 aliphatic heterocycles. The molecule has 1 N–H and O–H groups in total. The van der Waals surface area contributed by atoms with Crippen molar-refractivity contribution in [3.05, 3.63) is 20.8 Å². The van der Waals surface area contributed by atoms with Gasteiger partial charge in [-0.2, -0.15) is 0 Å². The van der Waals surface area contributed by atoms with Gasteiger partial charge in [0.15, 0.2) is 0 Å². The van der Waals surface area contributed by atoms with Gasteiger partial charge in [0, 0.05) is 24.1 Å². The van der Waals surface area contributed by atoms with Crippen molar-refractivity contribution in [2.75, 3.05) is 6.61 Å². The van der Waals surface area contributed by atoms with Gasteiger partial charge >= 0.3 is 0 Å². The maximum absolute atomic E-state index is 6.15. The van der Waals surface area contributed by atoms with Crippen LogP contribution in [0.4, 0.5) is 0 Å². The molecule has 2 aliphatic rings. The van der Waals surface area contributed by atoms with E-state index < -0.39 is 0 Å². The standard InChI is InChI=1S/C15H22BrNOS/c16-14-5-4-13(19-14)11-17-12-6-9-18-15(10-12)7-2-1-3-8-15/h4-5,12,17H,1-3,6-11H2. The molecule has 106 valence electrons. The van der Waals surface area contributed by atoms with Crippen molar-refractivity contribution >= 4 is 27.3 Å². The second kappa shape index (κ2) is 6.25. The molecule has 0 bridgehead atoms. The maximum atomic E-state index is 6.15. The Balaban J connectivity index is 1.53. The fourth-order valence-corrected chi connectivity index (χ4v) is 4.87. The van der Waals surface area contributed by atoms with Gasteiger partial charge < -0.3 is 10.1 Å². The topological polar surface area (TPSA) is 21.3 Å². The third-order valence-corrected chi connectivity index (χ3v) is 6.08. The van der Waals surface area contributed by atoms with Gasteiger partial charge in [0.2, 0.25) is 0 Å². The molecular weight excluding hydrogens is 322 g/mol. The van der Waals surface area contributed by atoms with Gasteiger partial charge in [0.25, 0.3) is 0 Å². The molecule has 1 atom stereocenters. The molecule has 3 rings (SSSR count). The minimum atomic E-state index is 0.212. The zero-order valence-corrected chi connectivity index (χ0v) is 13.7. The highest BCUT2D eigenvalue weighted by atomic mass is 79.9. The van der Waals surface area contributed by atoms with Gasteiger partial charge in [0.1, 0.15) is 0 Å². The SMILES string of the molecule is Brc1ccc(CNC2CCOC3(CCCCC3)C2)s1. The van der Waals surface area contributed by atoms with E-state index in [2.05, 4.69) is 33.4 Å². The molecule has 2 fully saturated rings. The summed E-state index contributed by atoms with van der Waals surface area (Å²) >= 11 is 5.35. The average Bonchev–Trinajstić information content (AvgIpc) is 2.83. The lowest BCUT2D eigenvalue weighted by Gasteiger charge is -2.43. The Morgan fingerprint density at radius 1 is 1.32 bits per heavy atom. The molecule has 1 aromatic rings. The monoisotopic (exact) mass is 343 g/mol. The molecule has 1 unspecified atom stereocenters. The number of thiophene rings is 1. The van der Waals surface area contributed by atoms with Crippen LogP contribution >= 0.6 is 27.3 Å². The van der Waals surface area contributed by atoms with E-state index in [1.165, 1.54) is 47.2 Å². The highest BCUT2D eigenvalue weighted by Crippen LogP contribution is 2.38. The van der Waals surface area contributed by atoms with Gasteiger partial charge in [-0.25, -0.2) is 0 Å². The summed E-state index contributed by atoms with van der Waals surface area (Å²) in [5.41, 5.74) is 0.212. The van der Waals surface area contributed by atoms with E-state index in [9.17, 15) is 0 Å². The molecular formula is C15H22BrNOS. The Labute approximate surface area is 128 Å². The van der Waals surface area contributed by atoms with Crippen LogP contribution in [0.1, 0.15) is 49.8 Å². The second-order valence-electron chi connectivity index (χ2n) is 5.87. The van der Waals surface area contributed by atoms with Crippen molar-refractivity contribution in [1.29, 1.82) is 0 Å². The van der Waals surface area contributed by atoms with Gasteiger partial charge in [-0.1, -0.05) is 19.3 Å². The third-order valence-electron chi connectivity index (χ3n) is 4.45. The summed E-state index contributed by atoms with van der Waals surface area (Å²) in [6, 6.07) is 4.97. The van der Waals surface area contributed by atoms with E-state index in [4.69, 9.17) is 4.74 Å². The average molecular weight is 344 g/mol. The number of nitrogens with one attached hydrogen (secondary N) is 1. The first kappa shape index (κ1) is 14.1. The van der Waals surface area contributed by atoms with E-state index in [-0.39, 0.29) is 5.60 Å². The highest BCUT2D eigenvalue weighted by molar-refractivity contribution is 9.11. The van der Waals surface area contributed by atoms with Gasteiger partial charge in [0.05, 0.1) is 9.39 Å². The minimum absolute atomic E-state index is 0.212. The quantitative estimate of drug-likeness (QED) is 0.873. The number of rotatable bonds is 3. The predicted octanol–water partition coefficient (Wildman–Crippen LogP) is 4.48. The normalized spacial score (nSPS) is 26.7. The molecule has 1 spiro atoms. The van der Waals surface area contributed by atoms with Crippen LogP contribution in [0.25, 0.3) is 0 Å². The van der Waals surface area contributed by atoms with Crippen molar-refractivity contribution in [2.24, 2.45) is 0 Å². The number of ether oxygens (including phenoxy) is 1. The summed E-state index contributed by atoms with van der Waals surface area (Å²) in [4.78, 5) is 1.41. The molecule has 0 radical (unpaired) electrons. The summed E-state index contributed by atoms with van der Waals surface area (Å²) < 4.78 is 7.37. The number of halogens is 1. The molecule has 1 aromatic heterocycles. The highest BCUT2D eigenvalue weighted by Gasteiger charge is 2.38. The Bertz CT molecular complexity index is 409. The Morgan fingerprint density at radius 3 is 2.89 bits per heavy atom. The van der Waals surface area contributed by atoms with Gasteiger partial charge in [-0.3, -0.25) is 0 Å². The molecule has 4 heteroatoms. The molecule has 1 aliphatic carbocycles. The van der Waals surface area contributed by atoms with Crippen LogP contribution in [0.5, 0.6) is 0 Å². The predicted molar refractivity (Wildman–Crippen MR) is 83.6 cm³/mol. The summed E-state index contributed by atoms with van der Waals surface area (Å²) in [5, 5.41) is 3.73. The summed E-state index contributed by atoms with van der Waals surface area (Å²) in [6.45, 7) is 1.93. The van der Waals surface area contributed by atoms with Crippen molar-refractivity contribution in [2.45, 2.75) is 63.1 Å². The lowest BCUT2D eigenvalue weighted by Crippen LogP contribution is -2.47. The first-order valence-electron chi connectivity index (χ1n) is 7.37. The largest absolute Gasteiger partial charge is 0.375 e. The summed E-state index contributed by atoms with van der Waals surface area (Å²) in [6.07, 6.45) is 9.01. The van der Waals surface area contributed by atoms with Crippen molar-refractivity contribution in [3.63, 3.8) is 0 Å². The molecule has 0 aromatic carbocycles. The Kier molecular flexibility index (Phi) is 4.62. The molecule has 1 saturated carbocycles. The second-order valence-corrected chi connectivity index (χ2v) is 8.42. The third kappa shape index (κ3) is 3.60. The Morgan fingerprint density at radius 2 is 2.16 bits per heavy atom. The van der Waals surface area contributed by atoms with Gasteiger partial charge in [-0.05, 0) is 53.7 Å². The lowest BCUT2D eigenvalue weighted by atomic mass is 9.78. The number of hydrogen-bond acceptors (Lipinski definition) is 3. The fraction of sp³-hybridized carbons (Fsp3) is 0.733. The van der Waals surface area contributed by atoms with E-state index in [0.717, 1.165) is 19.6 Å². The van der Waals surface area contributed by atoms with E-state index in [0.29, 0.717) is 6.04 Å². The van der Waals surface area contributed by atoms with E-state index in [1.807, 2.05) is 11.3 Å². The number of hydrogen-bond donors (Lipinski definition) is 1. The van der Waals surface area contributed by atoms with Crippen LogP contribution in [0, 0.1) is 0 Å². The Hall–Kier alpha value is 0.1000. The van der Waals surface area contributed by atoms with Crippen LogP contribution in [0.2, 0.25) is 0 Å². The summed E-state index contributed by atoms with van der Waals surface area (Å²) in [7, 11) is 0. The summed E-state index contributed by atoms with van der Waals surface area (Å²) in [5.74, 6) is 0. The minimum Gasteiger partial charge on any atom is -0.375 e. The molecule has 2 heterocycles. The van der Waals surface area contributed by atoms with Crippen LogP contribution in [-0.4, -0.2) is 18.2 Å². The van der Waals surface area contributed by atoms with E-state index in [1.54, 1.807) is 0 Å². The fourth-order valence-electron chi connectivity index (χ4n) is 3.44. The van der Waals surface area contributed by atoms with Crippen molar-refractivity contribution in [3.8, 4) is 0 Å².